The minimum Gasteiger partial charge on any atom is -0.480 e. The molecule has 0 radical (unpaired) electrons. The maximum Gasteiger partial charge on any atom is 0.326 e. The molecule has 4 unspecified atom stereocenters. The van der Waals surface area contributed by atoms with Crippen LogP contribution in [0.5, 0.6) is 0 Å². The third-order valence-corrected chi connectivity index (χ3v) is 3.78. The Bertz CT molecular complexity index is 329. The summed E-state index contributed by atoms with van der Waals surface area (Å²) in [6, 6.07) is -0.840. The number of hydrogen-bond donors (Lipinski definition) is 2. The highest BCUT2D eigenvalue weighted by Crippen LogP contribution is 2.32. The number of hydrogen-bond acceptors (Lipinski definition) is 3. The van der Waals surface area contributed by atoms with Crippen molar-refractivity contribution in [3.05, 3.63) is 0 Å². The average Bonchev–Trinajstić information content (AvgIpc) is 2.48. The molecule has 0 spiro atoms. The number of nitrogens with one attached hydrogen (secondary N) is 1. The van der Waals surface area contributed by atoms with Gasteiger partial charge < -0.3 is 15.2 Å². The summed E-state index contributed by atoms with van der Waals surface area (Å²) in [4.78, 5) is 23.2. The van der Waals surface area contributed by atoms with Gasteiger partial charge in [-0.05, 0) is 25.7 Å². The van der Waals surface area contributed by atoms with E-state index in [4.69, 9.17) is 9.84 Å². The summed E-state index contributed by atoms with van der Waals surface area (Å²) in [7, 11) is 0. The molecule has 5 atom stereocenters. The van der Waals surface area contributed by atoms with Gasteiger partial charge in [0.25, 0.3) is 0 Å². The number of carbonyl (C=O) groups is 2. The van der Waals surface area contributed by atoms with E-state index in [1.807, 2.05) is 20.8 Å². The van der Waals surface area contributed by atoms with Crippen molar-refractivity contribution >= 4 is 11.9 Å². The molecule has 1 amide bonds. The van der Waals surface area contributed by atoms with Gasteiger partial charge in [-0.15, -0.1) is 0 Å². The summed E-state index contributed by atoms with van der Waals surface area (Å²) in [5, 5.41) is 11.7. The van der Waals surface area contributed by atoms with Crippen LogP contribution in [0.4, 0.5) is 0 Å². The first-order valence-electron chi connectivity index (χ1n) is 6.44. The highest BCUT2D eigenvalue weighted by atomic mass is 16.5. The topological polar surface area (TPSA) is 75.6 Å². The molecule has 0 aromatic heterocycles. The lowest BCUT2D eigenvalue weighted by atomic mass is 9.88. The third kappa shape index (κ3) is 3.02. The minimum atomic E-state index is -0.995. The Hall–Kier alpha value is -1.10. The fraction of sp³-hybridized carbons (Fsp3) is 0.846. The smallest absolute Gasteiger partial charge is 0.326 e. The van der Waals surface area contributed by atoms with E-state index in [9.17, 15) is 9.59 Å². The van der Waals surface area contributed by atoms with Gasteiger partial charge in [0.15, 0.2) is 0 Å². The van der Waals surface area contributed by atoms with E-state index in [1.54, 1.807) is 13.8 Å². The quantitative estimate of drug-likeness (QED) is 0.795. The van der Waals surface area contributed by atoms with E-state index in [-0.39, 0.29) is 35.9 Å². The number of carboxylic acid groups (broad SMARTS) is 1. The molecular formula is C13H23NO4. The van der Waals surface area contributed by atoms with Crippen molar-refractivity contribution in [2.45, 2.75) is 52.9 Å². The predicted molar refractivity (Wildman–Crippen MR) is 67.1 cm³/mol. The average molecular weight is 257 g/mol. The number of rotatable bonds is 4. The van der Waals surface area contributed by atoms with Crippen LogP contribution in [0.3, 0.4) is 0 Å². The molecule has 1 fully saturated rings. The maximum absolute atomic E-state index is 12.2. The Labute approximate surface area is 108 Å². The van der Waals surface area contributed by atoms with Gasteiger partial charge in [0.2, 0.25) is 5.91 Å². The van der Waals surface area contributed by atoms with Crippen molar-refractivity contribution in [2.24, 2.45) is 17.8 Å². The van der Waals surface area contributed by atoms with Crippen LogP contribution >= 0.6 is 0 Å². The summed E-state index contributed by atoms with van der Waals surface area (Å²) < 4.78 is 5.60. The first kappa shape index (κ1) is 15.0. The van der Waals surface area contributed by atoms with Crippen molar-refractivity contribution in [2.75, 3.05) is 0 Å². The number of carboxylic acids is 1. The highest BCUT2D eigenvalue weighted by molar-refractivity contribution is 5.85. The summed E-state index contributed by atoms with van der Waals surface area (Å²) in [5.74, 6) is -1.54. The van der Waals surface area contributed by atoms with Crippen molar-refractivity contribution in [1.29, 1.82) is 0 Å². The van der Waals surface area contributed by atoms with Gasteiger partial charge in [0.05, 0.1) is 18.1 Å². The molecule has 1 aliphatic heterocycles. The standard InChI is InChI=1S/C13H23NO4/c1-6(2)11(13(16)17)14-12(15)10-7(3)8(4)18-9(10)5/h6-11H,1-5H3,(H,14,15)(H,16,17)/t7?,8?,9?,10?,11-/m1/s1. The molecule has 1 saturated heterocycles. The Morgan fingerprint density at radius 2 is 1.72 bits per heavy atom. The molecule has 5 heteroatoms. The normalized spacial score (nSPS) is 33.4. The Kier molecular flexibility index (Phi) is 4.73. The van der Waals surface area contributed by atoms with Crippen molar-refractivity contribution in [3.63, 3.8) is 0 Å². The fourth-order valence-electron chi connectivity index (χ4n) is 2.48. The third-order valence-electron chi connectivity index (χ3n) is 3.78. The van der Waals surface area contributed by atoms with E-state index in [0.29, 0.717) is 0 Å². The lowest BCUT2D eigenvalue weighted by Gasteiger charge is -2.23. The lowest BCUT2D eigenvalue weighted by Crippen LogP contribution is -2.48. The molecule has 1 aliphatic rings. The zero-order chi connectivity index (χ0) is 14.0. The summed E-state index contributed by atoms with van der Waals surface area (Å²) in [6.45, 7) is 9.31. The first-order chi connectivity index (χ1) is 8.25. The van der Waals surface area contributed by atoms with Crippen LogP contribution in [0.15, 0.2) is 0 Å². The van der Waals surface area contributed by atoms with Gasteiger partial charge >= 0.3 is 5.97 Å². The molecule has 1 rings (SSSR count). The second-order valence-electron chi connectivity index (χ2n) is 5.50. The second kappa shape index (κ2) is 5.69. The van der Waals surface area contributed by atoms with E-state index in [1.165, 1.54) is 0 Å². The number of amides is 1. The molecule has 0 aliphatic carbocycles. The van der Waals surface area contributed by atoms with Crippen LogP contribution in [0, 0.1) is 17.8 Å². The molecule has 0 aromatic carbocycles. The molecular weight excluding hydrogens is 234 g/mol. The van der Waals surface area contributed by atoms with E-state index in [0.717, 1.165) is 0 Å². The summed E-state index contributed by atoms with van der Waals surface area (Å²) in [5.41, 5.74) is 0. The minimum absolute atomic E-state index is 0.0260. The van der Waals surface area contributed by atoms with Crippen LogP contribution in [0.25, 0.3) is 0 Å². The van der Waals surface area contributed by atoms with Gasteiger partial charge in [0, 0.05) is 0 Å². The second-order valence-corrected chi connectivity index (χ2v) is 5.50. The molecule has 0 saturated carbocycles. The van der Waals surface area contributed by atoms with Gasteiger partial charge in [-0.25, -0.2) is 4.79 Å². The zero-order valence-corrected chi connectivity index (χ0v) is 11.6. The molecule has 18 heavy (non-hydrogen) atoms. The van der Waals surface area contributed by atoms with Crippen LogP contribution in [0.2, 0.25) is 0 Å². The van der Waals surface area contributed by atoms with Crippen LogP contribution < -0.4 is 5.32 Å². The maximum atomic E-state index is 12.2. The SMILES string of the molecule is CC1OC(C)C(C(=O)N[C@@H](C(=O)O)C(C)C)C1C. The van der Waals surface area contributed by atoms with Crippen molar-refractivity contribution in [3.8, 4) is 0 Å². The lowest BCUT2D eigenvalue weighted by molar-refractivity contribution is -0.144. The Morgan fingerprint density at radius 1 is 1.17 bits per heavy atom. The predicted octanol–water partition coefficient (Wildman–Crippen LogP) is 1.27. The number of ether oxygens (including phenoxy) is 1. The molecule has 0 bridgehead atoms. The fourth-order valence-corrected chi connectivity index (χ4v) is 2.48. The van der Waals surface area contributed by atoms with E-state index in [2.05, 4.69) is 5.32 Å². The van der Waals surface area contributed by atoms with Gasteiger partial charge in [-0.1, -0.05) is 20.8 Å². The van der Waals surface area contributed by atoms with E-state index < -0.39 is 12.0 Å². The van der Waals surface area contributed by atoms with Crippen LogP contribution in [0.1, 0.15) is 34.6 Å². The summed E-state index contributed by atoms with van der Waals surface area (Å²) in [6.07, 6.45) is -0.144. The summed E-state index contributed by atoms with van der Waals surface area (Å²) >= 11 is 0. The van der Waals surface area contributed by atoms with Crippen LogP contribution in [-0.2, 0) is 14.3 Å². The van der Waals surface area contributed by atoms with Gasteiger partial charge in [0.1, 0.15) is 6.04 Å². The molecule has 1 heterocycles. The largest absolute Gasteiger partial charge is 0.480 e. The molecule has 104 valence electrons. The Morgan fingerprint density at radius 3 is 2.06 bits per heavy atom. The number of carbonyl (C=O) groups excluding carboxylic acids is 1. The molecule has 5 nitrogen and oxygen atoms in total. The first-order valence-corrected chi connectivity index (χ1v) is 6.44. The molecule has 2 N–H and O–H groups in total. The van der Waals surface area contributed by atoms with Crippen LogP contribution in [-0.4, -0.2) is 35.2 Å². The van der Waals surface area contributed by atoms with Crippen molar-refractivity contribution in [1.82, 2.24) is 5.32 Å². The van der Waals surface area contributed by atoms with Crippen molar-refractivity contribution < 1.29 is 19.4 Å². The number of aliphatic carboxylic acids is 1. The van der Waals surface area contributed by atoms with E-state index >= 15 is 0 Å². The van der Waals surface area contributed by atoms with Gasteiger partial charge in [-0.3, -0.25) is 4.79 Å². The zero-order valence-electron chi connectivity index (χ0n) is 11.6. The van der Waals surface area contributed by atoms with Gasteiger partial charge in [-0.2, -0.15) is 0 Å². The highest BCUT2D eigenvalue weighted by Gasteiger charge is 2.42. The Balaban J connectivity index is 2.73. The monoisotopic (exact) mass is 257 g/mol. The molecule has 0 aromatic rings.